The Hall–Kier alpha value is -3.32. The molecule has 3 aromatic heterocycles. The maximum atomic E-state index is 13.3. The minimum Gasteiger partial charge on any atom is -0.337 e. The van der Waals surface area contributed by atoms with Crippen molar-refractivity contribution in [1.82, 2.24) is 24.5 Å². The van der Waals surface area contributed by atoms with Crippen molar-refractivity contribution in [3.05, 3.63) is 52.2 Å². The first-order chi connectivity index (χ1) is 14.7. The zero-order valence-corrected chi connectivity index (χ0v) is 17.3. The van der Waals surface area contributed by atoms with Crippen LogP contribution in [0.2, 0.25) is 5.02 Å². The third kappa shape index (κ3) is 3.77. The summed E-state index contributed by atoms with van der Waals surface area (Å²) in [4.78, 5) is 4.17. The molecule has 0 fully saturated rings. The highest BCUT2D eigenvalue weighted by Gasteiger charge is 2.39. The average molecular weight is 449 g/mol. The molecular weight excluding hydrogens is 433 g/mol. The molecule has 11 heteroatoms. The number of aromatic nitrogens is 5. The summed E-state index contributed by atoms with van der Waals surface area (Å²) in [5.74, 6) is -0.0453. The normalized spacial score (nSPS) is 11.9. The van der Waals surface area contributed by atoms with Crippen molar-refractivity contribution >= 4 is 22.5 Å². The van der Waals surface area contributed by atoms with E-state index in [1.165, 1.54) is 13.2 Å². The topological polar surface area (TPSA) is 85.5 Å². The molecule has 0 aliphatic carbocycles. The first-order valence-electron chi connectivity index (χ1n) is 9.37. The number of rotatable bonds is 5. The van der Waals surface area contributed by atoms with Crippen molar-refractivity contribution in [2.24, 2.45) is 7.05 Å². The summed E-state index contributed by atoms with van der Waals surface area (Å²) in [6.07, 6.45) is -1.86. The van der Waals surface area contributed by atoms with Gasteiger partial charge in [0.05, 0.1) is 28.2 Å². The highest BCUT2D eigenvalue weighted by molar-refractivity contribution is 6.36. The van der Waals surface area contributed by atoms with Crippen LogP contribution < -0.4 is 0 Å². The van der Waals surface area contributed by atoms with E-state index in [9.17, 15) is 18.4 Å². The summed E-state index contributed by atoms with van der Waals surface area (Å²) in [6.45, 7) is 2.20. The highest BCUT2D eigenvalue weighted by atomic mass is 35.5. The molecule has 0 atom stereocenters. The molecule has 160 valence electrons. The van der Waals surface area contributed by atoms with Crippen LogP contribution in [0.1, 0.15) is 36.1 Å². The summed E-state index contributed by atoms with van der Waals surface area (Å²) in [5, 5.41) is 17.6. The predicted molar refractivity (Wildman–Crippen MR) is 106 cm³/mol. The Morgan fingerprint density at radius 1 is 1.29 bits per heavy atom. The van der Waals surface area contributed by atoms with Crippen molar-refractivity contribution < 1.29 is 17.7 Å². The van der Waals surface area contributed by atoms with Crippen LogP contribution in [0.3, 0.4) is 0 Å². The van der Waals surface area contributed by atoms with Gasteiger partial charge in [0.2, 0.25) is 0 Å². The van der Waals surface area contributed by atoms with Crippen LogP contribution in [-0.4, -0.2) is 24.5 Å². The van der Waals surface area contributed by atoms with Crippen LogP contribution in [0.5, 0.6) is 0 Å². The molecule has 31 heavy (non-hydrogen) atoms. The molecule has 4 aromatic rings. The number of nitrogens with zero attached hydrogens (tertiary/aromatic N) is 6. The molecule has 0 saturated carbocycles. The highest BCUT2D eigenvalue weighted by Crippen LogP contribution is 2.35. The summed E-state index contributed by atoms with van der Waals surface area (Å²) in [7, 11) is 1.39. The maximum absolute atomic E-state index is 13.3. The third-order valence-electron chi connectivity index (χ3n) is 4.83. The molecule has 0 amide bonds. The van der Waals surface area contributed by atoms with Crippen LogP contribution in [-0.2, 0) is 26.2 Å². The lowest BCUT2D eigenvalue weighted by Gasteiger charge is -2.08. The third-order valence-corrected chi connectivity index (χ3v) is 5.23. The fraction of sp³-hybridized carbons (Fsp3) is 0.300. The molecule has 4 rings (SSSR count). The lowest BCUT2D eigenvalue weighted by molar-refractivity contribution is -0.141. The Kier molecular flexibility index (Phi) is 5.23. The Balaban J connectivity index is 1.75. The monoisotopic (exact) mass is 448 g/mol. The van der Waals surface area contributed by atoms with Gasteiger partial charge in [0, 0.05) is 24.3 Å². The van der Waals surface area contributed by atoms with E-state index in [-0.39, 0.29) is 23.8 Å². The molecule has 0 unspecified atom stereocenters. The van der Waals surface area contributed by atoms with Gasteiger partial charge in [-0.15, -0.1) is 0 Å². The van der Waals surface area contributed by atoms with Crippen LogP contribution in [0.15, 0.2) is 28.9 Å². The lowest BCUT2D eigenvalue weighted by atomic mass is 10.1. The summed E-state index contributed by atoms with van der Waals surface area (Å²) in [6, 6.07) is 7.38. The molecule has 7 nitrogen and oxygen atoms in total. The second kappa shape index (κ2) is 7.74. The summed E-state index contributed by atoms with van der Waals surface area (Å²) < 4.78 is 47.9. The van der Waals surface area contributed by atoms with E-state index in [1.807, 2.05) is 17.6 Å². The van der Waals surface area contributed by atoms with E-state index in [1.54, 1.807) is 12.1 Å². The van der Waals surface area contributed by atoms with E-state index < -0.39 is 11.9 Å². The van der Waals surface area contributed by atoms with E-state index in [0.29, 0.717) is 10.6 Å². The second-order valence-electron chi connectivity index (χ2n) is 7.02. The predicted octanol–water partition coefficient (Wildman–Crippen LogP) is 4.97. The number of fused-ring (bicyclic) bond motifs is 1. The van der Waals surface area contributed by atoms with Gasteiger partial charge in [-0.2, -0.15) is 28.5 Å². The van der Waals surface area contributed by atoms with Crippen LogP contribution in [0, 0.1) is 11.3 Å². The van der Waals surface area contributed by atoms with Gasteiger partial charge in [-0.05, 0) is 24.6 Å². The van der Waals surface area contributed by atoms with E-state index in [2.05, 4.69) is 21.3 Å². The van der Waals surface area contributed by atoms with Gasteiger partial charge in [-0.3, -0.25) is 4.68 Å². The van der Waals surface area contributed by atoms with Gasteiger partial charge in [0.25, 0.3) is 5.89 Å². The number of benzene rings is 1. The number of halogens is 4. The largest absolute Gasteiger partial charge is 0.435 e. The SMILES string of the molecule is CCCc1cc2c(Cl)c(C#N)ccc2n1Cc1noc(-c2cn(C)nc2C(F)(F)F)n1. The molecule has 0 aliphatic heterocycles. The van der Waals surface area contributed by atoms with Gasteiger partial charge in [-0.1, -0.05) is 30.1 Å². The minimum absolute atomic E-state index is 0.173. The van der Waals surface area contributed by atoms with Crippen molar-refractivity contribution in [3.8, 4) is 17.5 Å². The van der Waals surface area contributed by atoms with Crippen molar-refractivity contribution in [2.45, 2.75) is 32.5 Å². The first kappa shape index (κ1) is 20.9. The van der Waals surface area contributed by atoms with Gasteiger partial charge in [0.15, 0.2) is 11.5 Å². The number of alkyl halides is 3. The zero-order chi connectivity index (χ0) is 22.3. The second-order valence-corrected chi connectivity index (χ2v) is 7.40. The molecule has 3 heterocycles. The van der Waals surface area contributed by atoms with Crippen molar-refractivity contribution in [2.75, 3.05) is 0 Å². The van der Waals surface area contributed by atoms with Crippen molar-refractivity contribution in [3.63, 3.8) is 0 Å². The summed E-state index contributed by atoms with van der Waals surface area (Å²) in [5.41, 5.74) is 0.725. The maximum Gasteiger partial charge on any atom is 0.435 e. The number of nitriles is 1. The Morgan fingerprint density at radius 2 is 2.06 bits per heavy atom. The zero-order valence-electron chi connectivity index (χ0n) is 16.5. The Labute approximate surface area is 179 Å². The van der Waals surface area contributed by atoms with Gasteiger partial charge < -0.3 is 9.09 Å². The van der Waals surface area contributed by atoms with E-state index >= 15 is 0 Å². The number of aryl methyl sites for hydroxylation is 2. The summed E-state index contributed by atoms with van der Waals surface area (Å²) >= 11 is 6.38. The Morgan fingerprint density at radius 3 is 2.74 bits per heavy atom. The lowest BCUT2D eigenvalue weighted by Crippen LogP contribution is -2.08. The molecule has 1 aromatic carbocycles. The standard InChI is InChI=1S/C20H16ClF3N6O/c1-3-4-12-7-13-15(6-5-11(8-25)17(13)21)30(12)10-16-26-19(31-28-16)14-9-29(2)27-18(14)20(22,23)24/h5-7,9H,3-4,10H2,1-2H3. The first-order valence-corrected chi connectivity index (χ1v) is 9.75. The molecular formula is C20H16ClF3N6O. The van der Waals surface area contributed by atoms with Gasteiger partial charge in [0.1, 0.15) is 6.07 Å². The average Bonchev–Trinajstić information content (AvgIpc) is 3.41. The number of hydrogen-bond donors (Lipinski definition) is 0. The molecule has 0 saturated heterocycles. The smallest absolute Gasteiger partial charge is 0.337 e. The fourth-order valence-electron chi connectivity index (χ4n) is 3.51. The fourth-order valence-corrected chi connectivity index (χ4v) is 3.77. The Bertz CT molecular complexity index is 1310. The van der Waals surface area contributed by atoms with E-state index in [0.717, 1.165) is 34.1 Å². The van der Waals surface area contributed by atoms with Crippen LogP contribution in [0.4, 0.5) is 13.2 Å². The molecule has 0 bridgehead atoms. The van der Waals surface area contributed by atoms with Crippen molar-refractivity contribution in [1.29, 1.82) is 5.26 Å². The quantitative estimate of drug-likeness (QED) is 0.430. The van der Waals surface area contributed by atoms with Crippen LogP contribution in [0.25, 0.3) is 22.4 Å². The number of hydrogen-bond acceptors (Lipinski definition) is 5. The minimum atomic E-state index is -4.65. The van der Waals surface area contributed by atoms with Gasteiger partial charge in [-0.25, -0.2) is 0 Å². The van der Waals surface area contributed by atoms with Gasteiger partial charge >= 0.3 is 6.18 Å². The van der Waals surface area contributed by atoms with Crippen LogP contribution >= 0.6 is 11.6 Å². The van der Waals surface area contributed by atoms with E-state index in [4.69, 9.17) is 16.1 Å². The molecule has 0 spiro atoms. The molecule has 0 N–H and O–H groups in total. The molecule has 0 aliphatic rings. The molecule has 0 radical (unpaired) electrons.